The maximum atomic E-state index is 12.9. The molecule has 5 rings (SSSR count). The molecule has 4 nitrogen and oxygen atoms in total. The van der Waals surface area contributed by atoms with Crippen LogP contribution in [0, 0.1) is 0 Å². The van der Waals surface area contributed by atoms with Gasteiger partial charge in [0.05, 0.1) is 17.3 Å². The zero-order valence-electron chi connectivity index (χ0n) is 13.7. The summed E-state index contributed by atoms with van der Waals surface area (Å²) in [5, 5.41) is 7.58. The molecule has 26 heavy (non-hydrogen) atoms. The Bertz CT molecular complexity index is 1070. The Morgan fingerprint density at radius 1 is 0.808 bits per heavy atom. The molecule has 2 amide bonds. The molecule has 2 aliphatic rings. The van der Waals surface area contributed by atoms with E-state index in [9.17, 15) is 9.59 Å². The number of halogens is 1. The fraction of sp³-hybridized carbons (Fsp3) is 0.0952. The predicted octanol–water partition coefficient (Wildman–Crippen LogP) is 4.22. The Morgan fingerprint density at radius 2 is 1.38 bits per heavy atom. The predicted molar refractivity (Wildman–Crippen MR) is 101 cm³/mol. The quantitative estimate of drug-likeness (QED) is 0.507. The Kier molecular flexibility index (Phi) is 3.24. The van der Waals surface area contributed by atoms with Crippen LogP contribution in [-0.2, 0) is 12.8 Å². The minimum absolute atomic E-state index is 0.386. The third kappa shape index (κ3) is 2.12. The molecule has 126 valence electrons. The van der Waals surface area contributed by atoms with Crippen molar-refractivity contribution in [3.63, 3.8) is 0 Å². The van der Waals surface area contributed by atoms with Crippen molar-refractivity contribution in [2.75, 3.05) is 0 Å². The molecule has 0 atom stereocenters. The summed E-state index contributed by atoms with van der Waals surface area (Å²) in [4.78, 5) is 25.8. The van der Waals surface area contributed by atoms with Crippen molar-refractivity contribution in [2.24, 2.45) is 5.10 Å². The summed E-state index contributed by atoms with van der Waals surface area (Å²) in [5.41, 5.74) is 4.25. The maximum absolute atomic E-state index is 12.9. The van der Waals surface area contributed by atoms with Crippen molar-refractivity contribution in [1.29, 1.82) is 0 Å². The van der Waals surface area contributed by atoms with E-state index in [4.69, 9.17) is 11.6 Å². The first-order chi connectivity index (χ1) is 12.6. The van der Waals surface area contributed by atoms with Crippen molar-refractivity contribution in [3.05, 3.63) is 81.4 Å². The van der Waals surface area contributed by atoms with Crippen molar-refractivity contribution >= 4 is 40.4 Å². The fourth-order valence-corrected chi connectivity index (χ4v) is 3.91. The number of hydrazone groups is 1. The fourth-order valence-electron chi connectivity index (χ4n) is 3.78. The summed E-state index contributed by atoms with van der Waals surface area (Å²) in [7, 11) is 0. The Balaban J connectivity index is 1.62. The van der Waals surface area contributed by atoms with Crippen LogP contribution >= 0.6 is 11.6 Å². The zero-order valence-corrected chi connectivity index (χ0v) is 14.5. The summed E-state index contributed by atoms with van der Waals surface area (Å²) >= 11 is 5.88. The average Bonchev–Trinajstić information content (AvgIpc) is 3.08. The first kappa shape index (κ1) is 15.3. The third-order valence-electron chi connectivity index (χ3n) is 5.03. The Morgan fingerprint density at radius 3 is 1.96 bits per heavy atom. The number of imide groups is 1. The lowest BCUT2D eigenvalue weighted by molar-refractivity contribution is 0.0616. The van der Waals surface area contributed by atoms with E-state index in [1.807, 2.05) is 24.3 Å². The molecule has 3 aromatic rings. The highest BCUT2D eigenvalue weighted by Crippen LogP contribution is 2.38. The SMILES string of the molecule is O=C1c2ccc3c4c(ccc(c24)C(=O)N1/N=C/c1ccc(Cl)cc1)CC3. The number of nitrogens with zero attached hydrogens (tertiary/aromatic N) is 2. The molecule has 0 fully saturated rings. The van der Waals surface area contributed by atoms with E-state index >= 15 is 0 Å². The van der Waals surface area contributed by atoms with Gasteiger partial charge < -0.3 is 0 Å². The van der Waals surface area contributed by atoms with Gasteiger partial charge in [-0.15, -0.1) is 0 Å². The molecule has 0 N–H and O–H groups in total. The van der Waals surface area contributed by atoms with Gasteiger partial charge in [0.15, 0.2) is 0 Å². The Hall–Kier alpha value is -2.98. The van der Waals surface area contributed by atoms with Gasteiger partial charge in [0.2, 0.25) is 0 Å². The van der Waals surface area contributed by atoms with Crippen LogP contribution in [0.4, 0.5) is 0 Å². The molecule has 0 saturated heterocycles. The second kappa shape index (κ2) is 5.51. The lowest BCUT2D eigenvalue weighted by Crippen LogP contribution is -2.36. The van der Waals surface area contributed by atoms with Crippen LogP contribution in [0.15, 0.2) is 53.6 Å². The van der Waals surface area contributed by atoms with Gasteiger partial charge in [-0.2, -0.15) is 10.1 Å². The lowest BCUT2D eigenvalue weighted by Gasteiger charge is -2.23. The number of aryl methyl sites for hydroxylation is 2. The van der Waals surface area contributed by atoms with Gasteiger partial charge in [-0.25, -0.2) is 0 Å². The molecule has 1 aliphatic heterocycles. The monoisotopic (exact) mass is 360 g/mol. The molecule has 0 saturated carbocycles. The van der Waals surface area contributed by atoms with Crippen molar-refractivity contribution in [3.8, 4) is 0 Å². The van der Waals surface area contributed by atoms with Crippen molar-refractivity contribution in [2.45, 2.75) is 12.8 Å². The van der Waals surface area contributed by atoms with E-state index in [0.717, 1.165) is 34.2 Å². The number of rotatable bonds is 2. The molecule has 1 aliphatic carbocycles. The van der Waals surface area contributed by atoms with Crippen LogP contribution in [-0.4, -0.2) is 23.0 Å². The summed E-state index contributed by atoms with van der Waals surface area (Å²) < 4.78 is 0. The van der Waals surface area contributed by atoms with Crippen LogP contribution in [0.25, 0.3) is 10.8 Å². The first-order valence-electron chi connectivity index (χ1n) is 8.39. The summed E-state index contributed by atoms with van der Waals surface area (Å²) in [6.45, 7) is 0. The number of amides is 2. The second-order valence-electron chi connectivity index (χ2n) is 6.51. The highest BCUT2D eigenvalue weighted by atomic mass is 35.5. The molecular weight excluding hydrogens is 348 g/mol. The number of carbonyl (C=O) groups excluding carboxylic acids is 2. The lowest BCUT2D eigenvalue weighted by atomic mass is 9.92. The van der Waals surface area contributed by atoms with Gasteiger partial charge in [0.1, 0.15) is 0 Å². The van der Waals surface area contributed by atoms with E-state index < -0.39 is 0 Å². The number of hydrogen-bond donors (Lipinski definition) is 0. The topological polar surface area (TPSA) is 49.7 Å². The maximum Gasteiger partial charge on any atom is 0.282 e. The van der Waals surface area contributed by atoms with Gasteiger partial charge in [-0.05, 0) is 59.2 Å². The summed E-state index contributed by atoms with van der Waals surface area (Å²) in [6, 6.07) is 14.6. The smallest absolute Gasteiger partial charge is 0.267 e. The molecule has 0 bridgehead atoms. The molecule has 0 spiro atoms. The van der Waals surface area contributed by atoms with Crippen molar-refractivity contribution in [1.82, 2.24) is 5.01 Å². The first-order valence-corrected chi connectivity index (χ1v) is 8.77. The van der Waals surface area contributed by atoms with Crippen molar-refractivity contribution < 1.29 is 9.59 Å². The van der Waals surface area contributed by atoms with Gasteiger partial charge in [-0.1, -0.05) is 35.9 Å². The zero-order chi connectivity index (χ0) is 17.8. The van der Waals surface area contributed by atoms with E-state index in [1.54, 1.807) is 24.3 Å². The van der Waals surface area contributed by atoms with Crippen LogP contribution in [0.3, 0.4) is 0 Å². The molecule has 0 radical (unpaired) electrons. The van der Waals surface area contributed by atoms with E-state index in [2.05, 4.69) is 5.10 Å². The number of benzene rings is 3. The molecule has 1 heterocycles. The van der Waals surface area contributed by atoms with Crippen LogP contribution in [0.2, 0.25) is 5.02 Å². The van der Waals surface area contributed by atoms with Gasteiger partial charge in [0.25, 0.3) is 11.8 Å². The minimum Gasteiger partial charge on any atom is -0.267 e. The molecular formula is C21H13ClN2O2. The van der Waals surface area contributed by atoms with E-state index in [1.165, 1.54) is 17.3 Å². The van der Waals surface area contributed by atoms with E-state index in [0.29, 0.717) is 16.1 Å². The normalized spacial score (nSPS) is 15.5. The minimum atomic E-state index is -0.386. The van der Waals surface area contributed by atoms with Gasteiger partial charge >= 0.3 is 0 Å². The van der Waals surface area contributed by atoms with Gasteiger partial charge in [-0.3, -0.25) is 9.59 Å². The van der Waals surface area contributed by atoms with Crippen LogP contribution < -0.4 is 0 Å². The molecule has 0 aromatic heterocycles. The molecule has 3 aromatic carbocycles. The standard InChI is InChI=1S/C21H13ClN2O2/c22-15-7-1-12(2-8-15)11-23-24-20(25)16-9-5-13-3-4-14-6-10-17(21(24)26)19(16)18(13)14/h1-2,5-11H,3-4H2/b23-11+. The Labute approximate surface area is 154 Å². The molecule has 5 heteroatoms. The highest BCUT2D eigenvalue weighted by Gasteiger charge is 2.34. The third-order valence-corrected chi connectivity index (χ3v) is 5.29. The molecule has 0 unspecified atom stereocenters. The summed E-state index contributed by atoms with van der Waals surface area (Å²) in [6.07, 6.45) is 3.40. The second-order valence-corrected chi connectivity index (χ2v) is 6.95. The number of carbonyl (C=O) groups is 2. The van der Waals surface area contributed by atoms with E-state index in [-0.39, 0.29) is 11.8 Å². The van der Waals surface area contributed by atoms with Crippen LogP contribution in [0.5, 0.6) is 0 Å². The van der Waals surface area contributed by atoms with Gasteiger partial charge in [0, 0.05) is 10.4 Å². The number of hydrogen-bond acceptors (Lipinski definition) is 3. The summed E-state index contributed by atoms with van der Waals surface area (Å²) in [5.74, 6) is -0.772. The largest absolute Gasteiger partial charge is 0.282 e. The highest BCUT2D eigenvalue weighted by molar-refractivity contribution is 6.30. The average molecular weight is 361 g/mol. The van der Waals surface area contributed by atoms with Crippen LogP contribution in [0.1, 0.15) is 37.4 Å².